The molecule has 6 aliphatic carbocycles. The van der Waals surface area contributed by atoms with E-state index in [4.69, 9.17) is 0 Å². The van der Waals surface area contributed by atoms with Crippen molar-refractivity contribution < 1.29 is 13.4 Å². The van der Waals surface area contributed by atoms with Gasteiger partial charge < -0.3 is 9.80 Å². The normalized spacial score (nSPS) is 44.9. The van der Waals surface area contributed by atoms with E-state index in [2.05, 4.69) is 49.6 Å². The molecule has 270 valence electrons. The molecule has 1 amide bonds. The third kappa shape index (κ3) is 5.85. The zero-order valence-corrected chi connectivity index (χ0v) is 32.0. The van der Waals surface area contributed by atoms with Crippen LogP contribution in [0.3, 0.4) is 0 Å². The maximum Gasteiger partial charge on any atom is 0.219 e. The van der Waals surface area contributed by atoms with Crippen LogP contribution in [0.5, 0.6) is 0 Å². The molecule has 0 aromatic carbocycles. The van der Waals surface area contributed by atoms with E-state index < -0.39 is 10.8 Å². The zero-order valence-electron chi connectivity index (χ0n) is 31.2. The lowest BCUT2D eigenvalue weighted by Crippen LogP contribution is -2.64. The molecular formula is C42H67FN2O2S. The van der Waals surface area contributed by atoms with E-state index in [0.29, 0.717) is 27.6 Å². The van der Waals surface area contributed by atoms with E-state index in [1.807, 2.05) is 0 Å². The summed E-state index contributed by atoms with van der Waals surface area (Å²) in [6.45, 7) is 17.1. The monoisotopic (exact) mass is 682 g/mol. The van der Waals surface area contributed by atoms with E-state index >= 15 is 0 Å². The maximum absolute atomic E-state index is 13.4. The molecule has 0 aromatic heterocycles. The molecule has 4 saturated carbocycles. The largest absolute Gasteiger partial charge is 0.342 e. The van der Waals surface area contributed by atoms with Crippen LogP contribution >= 0.6 is 0 Å². The van der Waals surface area contributed by atoms with Crippen molar-refractivity contribution in [3.8, 4) is 0 Å². The molecule has 9 unspecified atom stereocenters. The molecule has 7 rings (SSSR count). The predicted octanol–water partition coefficient (Wildman–Crippen LogP) is 8.99. The Morgan fingerprint density at radius 3 is 2.46 bits per heavy atom. The predicted molar refractivity (Wildman–Crippen MR) is 197 cm³/mol. The van der Waals surface area contributed by atoms with Gasteiger partial charge in [-0.05, 0) is 158 Å². The highest BCUT2D eigenvalue weighted by atomic mass is 32.2. The number of carbonyl (C=O) groups excluding carboxylic acids is 1. The minimum atomic E-state index is -0.635. The molecule has 0 spiro atoms. The third-order valence-electron chi connectivity index (χ3n) is 17.0. The van der Waals surface area contributed by atoms with Gasteiger partial charge >= 0.3 is 0 Å². The van der Waals surface area contributed by atoms with Gasteiger partial charge in [0.15, 0.2) is 0 Å². The average Bonchev–Trinajstić information content (AvgIpc) is 3.49. The summed E-state index contributed by atoms with van der Waals surface area (Å²) in [5, 5.41) is 0. The molecule has 4 nitrogen and oxygen atoms in total. The van der Waals surface area contributed by atoms with Crippen LogP contribution in [-0.4, -0.2) is 70.8 Å². The lowest BCUT2D eigenvalue weighted by Gasteiger charge is -2.71. The number of carbonyl (C=O) groups is 1. The Morgan fingerprint density at radius 1 is 0.958 bits per heavy atom. The van der Waals surface area contributed by atoms with Gasteiger partial charge in [-0.25, -0.2) is 0 Å². The second kappa shape index (κ2) is 13.5. The lowest BCUT2D eigenvalue weighted by atomic mass is 9.33. The number of amides is 1. The highest BCUT2D eigenvalue weighted by Gasteiger charge is 2.68. The van der Waals surface area contributed by atoms with E-state index in [9.17, 15) is 13.4 Å². The van der Waals surface area contributed by atoms with Crippen LogP contribution in [0.1, 0.15) is 125 Å². The van der Waals surface area contributed by atoms with Crippen molar-refractivity contribution in [1.82, 2.24) is 9.80 Å². The van der Waals surface area contributed by atoms with Crippen LogP contribution in [0.2, 0.25) is 0 Å². The number of fused-ring (bicyclic) bond motifs is 7. The number of hydrogen-bond donors (Lipinski definition) is 0. The van der Waals surface area contributed by atoms with Gasteiger partial charge in [-0.15, -0.1) is 0 Å². The molecular weight excluding hydrogens is 616 g/mol. The first-order chi connectivity index (χ1) is 22.9. The molecule has 0 bridgehead atoms. The quantitative estimate of drug-likeness (QED) is 0.257. The van der Waals surface area contributed by atoms with E-state index in [1.54, 1.807) is 18.1 Å². The number of halogens is 1. The lowest BCUT2D eigenvalue weighted by molar-refractivity contribution is -0.220. The number of rotatable bonds is 8. The van der Waals surface area contributed by atoms with Crippen molar-refractivity contribution >= 4 is 16.7 Å². The molecule has 7 aliphatic rings. The summed E-state index contributed by atoms with van der Waals surface area (Å²) < 4.78 is 25.2. The summed E-state index contributed by atoms with van der Waals surface area (Å²) in [7, 11) is -0.635. The number of hydrogen-bond acceptors (Lipinski definition) is 3. The van der Waals surface area contributed by atoms with Gasteiger partial charge in [-0.3, -0.25) is 13.4 Å². The second-order valence-electron chi connectivity index (χ2n) is 18.7. The molecule has 48 heavy (non-hydrogen) atoms. The fourth-order valence-corrected chi connectivity index (χ4v) is 15.2. The smallest absolute Gasteiger partial charge is 0.219 e. The summed E-state index contributed by atoms with van der Waals surface area (Å²) in [5.74, 6) is 5.77. The Balaban J connectivity index is 1.06. The SMILES string of the molecule is CC(=O)N(CCCN1CCS(=O)CC1)CC12CCCC1C1CCC3C4(C)CC=C(C5=CCC(CF)CC5)C(C)C4CCC3(C)[C@]1(C)CC2. The van der Waals surface area contributed by atoms with Gasteiger partial charge in [0.2, 0.25) is 5.91 Å². The number of alkyl halides is 1. The summed E-state index contributed by atoms with van der Waals surface area (Å²) >= 11 is 0. The van der Waals surface area contributed by atoms with Gasteiger partial charge in [-0.1, -0.05) is 46.3 Å². The van der Waals surface area contributed by atoms with Crippen LogP contribution < -0.4 is 0 Å². The Morgan fingerprint density at radius 2 is 1.75 bits per heavy atom. The second-order valence-corrected chi connectivity index (χ2v) is 20.4. The van der Waals surface area contributed by atoms with Gasteiger partial charge in [0.05, 0.1) is 6.67 Å². The third-order valence-corrected chi connectivity index (χ3v) is 18.2. The summed E-state index contributed by atoms with van der Waals surface area (Å²) in [6.07, 6.45) is 22.4. The van der Waals surface area contributed by atoms with Crippen LogP contribution in [0, 0.1) is 57.2 Å². The Hall–Kier alpha value is -1.01. The minimum absolute atomic E-state index is 0.166. The first-order valence-corrected chi connectivity index (χ1v) is 21.7. The fraction of sp³-hybridized carbons (Fsp3) is 0.881. The summed E-state index contributed by atoms with van der Waals surface area (Å²) in [4.78, 5) is 17.8. The van der Waals surface area contributed by atoms with Gasteiger partial charge in [0.1, 0.15) is 0 Å². The molecule has 0 N–H and O–H groups in total. The van der Waals surface area contributed by atoms with Crippen molar-refractivity contribution in [3.05, 3.63) is 23.3 Å². The maximum atomic E-state index is 13.4. The van der Waals surface area contributed by atoms with Gasteiger partial charge in [0.25, 0.3) is 0 Å². The molecule has 5 fully saturated rings. The molecule has 1 aliphatic heterocycles. The van der Waals surface area contributed by atoms with Crippen molar-refractivity contribution in [3.63, 3.8) is 0 Å². The van der Waals surface area contributed by atoms with Crippen LogP contribution in [0.25, 0.3) is 0 Å². The Bertz CT molecular complexity index is 1300. The molecule has 10 atom stereocenters. The topological polar surface area (TPSA) is 40.6 Å². The molecule has 0 aromatic rings. The fourth-order valence-electron chi connectivity index (χ4n) is 14.0. The zero-order chi connectivity index (χ0) is 33.9. The first-order valence-electron chi connectivity index (χ1n) is 20.2. The Kier molecular flexibility index (Phi) is 9.97. The van der Waals surface area contributed by atoms with Crippen molar-refractivity contribution in [1.29, 1.82) is 0 Å². The van der Waals surface area contributed by atoms with Crippen molar-refractivity contribution in [2.75, 3.05) is 50.9 Å². The van der Waals surface area contributed by atoms with E-state index in [1.165, 1.54) is 64.2 Å². The number of nitrogens with zero attached hydrogens (tertiary/aromatic N) is 2. The van der Waals surface area contributed by atoms with Crippen LogP contribution in [0.15, 0.2) is 23.3 Å². The van der Waals surface area contributed by atoms with Crippen LogP contribution in [0.4, 0.5) is 4.39 Å². The number of allylic oxidation sites excluding steroid dienone is 4. The molecule has 1 saturated heterocycles. The highest BCUT2D eigenvalue weighted by molar-refractivity contribution is 7.85. The first kappa shape index (κ1) is 35.4. The minimum Gasteiger partial charge on any atom is -0.342 e. The van der Waals surface area contributed by atoms with Crippen molar-refractivity contribution in [2.24, 2.45) is 57.2 Å². The molecule has 6 heteroatoms. The van der Waals surface area contributed by atoms with Crippen molar-refractivity contribution in [2.45, 2.75) is 125 Å². The van der Waals surface area contributed by atoms with E-state index in [0.717, 1.165) is 93.6 Å². The van der Waals surface area contributed by atoms with Crippen LogP contribution in [-0.2, 0) is 15.6 Å². The highest BCUT2D eigenvalue weighted by Crippen LogP contribution is 2.76. The Labute approximate surface area is 295 Å². The average molecular weight is 683 g/mol. The van der Waals surface area contributed by atoms with E-state index in [-0.39, 0.29) is 18.5 Å². The molecule has 0 radical (unpaired) electrons. The summed E-state index contributed by atoms with van der Waals surface area (Å²) in [6, 6.07) is 0. The van der Waals surface area contributed by atoms with Gasteiger partial charge in [-0.2, -0.15) is 0 Å². The standard InChI is InChI=1S/C42H67FN2O2S/c1-30-34(33-11-9-32(28-43)10-12-33)15-18-39(3)35(30)16-19-41(5)38(39)14-13-36-37-8-6-17-42(37,21-20-40(36,41)4)29-45(31(2)46)23-7-22-44-24-26-48(47)27-25-44/h11,15,30,32,35-38H,6-10,12-14,16-29H2,1-5H3/t30?,32?,35?,36?,37?,38?,39?,40-,41?,42?/m1/s1. The molecule has 1 heterocycles. The summed E-state index contributed by atoms with van der Waals surface area (Å²) in [5.41, 5.74) is 4.57. The van der Waals surface area contributed by atoms with Gasteiger partial charge in [0, 0.05) is 55.4 Å².